The molecule has 11 aromatic rings. The fourth-order valence-electron chi connectivity index (χ4n) is 11.2. The maximum absolute atomic E-state index is 7.10. The third-order valence-corrected chi connectivity index (χ3v) is 18.9. The molecule has 2 aliphatic rings. The van der Waals surface area contributed by atoms with Crippen LogP contribution in [0.15, 0.2) is 249 Å². The SMILES string of the molecule is Cc1ccc2c(c1-c1ccc(-c3c(-c4ccccc4)c(-c4ccccc4)c(-c4ccccc4)c(-c4ccccc4)c3-c3ccccc3)cc1)Oc1ncncc1[Si]21c2ccccc2Oc2ccccc21. The quantitative estimate of drug-likeness (QED) is 0.149. The van der Waals surface area contributed by atoms with Gasteiger partial charge < -0.3 is 9.47 Å². The number of nitrogens with zero attached hydrogens (tertiary/aromatic N) is 2. The number of hydrogen-bond acceptors (Lipinski definition) is 4. The molecule has 0 unspecified atom stereocenters. The van der Waals surface area contributed by atoms with Gasteiger partial charge in [-0.2, -0.15) is 0 Å². The van der Waals surface area contributed by atoms with Gasteiger partial charge in [0.1, 0.15) is 23.6 Å². The molecule has 330 valence electrons. The van der Waals surface area contributed by atoms with Crippen molar-refractivity contribution in [1.29, 1.82) is 0 Å². The first-order valence-electron chi connectivity index (χ1n) is 23.8. The van der Waals surface area contributed by atoms with Gasteiger partial charge in [0.2, 0.25) is 14.0 Å². The first-order chi connectivity index (χ1) is 34.7. The fourth-order valence-corrected chi connectivity index (χ4v) is 16.2. The lowest BCUT2D eigenvalue weighted by atomic mass is 9.74. The molecule has 0 atom stereocenters. The molecule has 0 radical (unpaired) electrons. The molecular formula is C65H44N2O2Si. The van der Waals surface area contributed by atoms with Crippen LogP contribution < -0.4 is 30.2 Å². The predicted molar refractivity (Wildman–Crippen MR) is 289 cm³/mol. The molecule has 10 aromatic carbocycles. The van der Waals surface area contributed by atoms with Gasteiger partial charge >= 0.3 is 0 Å². The molecule has 0 bridgehead atoms. The van der Waals surface area contributed by atoms with E-state index in [-0.39, 0.29) is 0 Å². The third-order valence-electron chi connectivity index (χ3n) is 14.1. The second kappa shape index (κ2) is 17.0. The number of hydrogen-bond donors (Lipinski definition) is 0. The van der Waals surface area contributed by atoms with Crippen molar-refractivity contribution in [2.45, 2.75) is 6.92 Å². The summed E-state index contributed by atoms with van der Waals surface area (Å²) in [6, 6.07) is 85.3. The van der Waals surface area contributed by atoms with Crippen LogP contribution >= 0.6 is 0 Å². The molecule has 5 heteroatoms. The number of aromatic nitrogens is 2. The van der Waals surface area contributed by atoms with Crippen LogP contribution in [0.1, 0.15) is 5.56 Å². The molecule has 2 aliphatic heterocycles. The molecule has 1 spiro atoms. The molecule has 0 aliphatic carbocycles. The summed E-state index contributed by atoms with van der Waals surface area (Å²) < 4.78 is 13.8. The van der Waals surface area contributed by atoms with Crippen LogP contribution in [-0.2, 0) is 0 Å². The van der Waals surface area contributed by atoms with E-state index in [0.717, 1.165) is 93.6 Å². The third kappa shape index (κ3) is 6.51. The zero-order chi connectivity index (χ0) is 46.6. The first-order valence-corrected chi connectivity index (χ1v) is 25.8. The summed E-state index contributed by atoms with van der Waals surface area (Å²) in [5, 5.41) is 4.48. The summed E-state index contributed by atoms with van der Waals surface area (Å²) in [6.45, 7) is 2.18. The van der Waals surface area contributed by atoms with Crippen LogP contribution in [0.5, 0.6) is 23.1 Å². The lowest BCUT2D eigenvalue weighted by molar-refractivity contribution is 0.466. The number of rotatable bonds is 7. The van der Waals surface area contributed by atoms with E-state index >= 15 is 0 Å². The molecule has 3 heterocycles. The highest BCUT2D eigenvalue weighted by Crippen LogP contribution is 2.56. The Hall–Kier alpha value is -8.90. The van der Waals surface area contributed by atoms with Crippen molar-refractivity contribution in [3.05, 3.63) is 255 Å². The number of benzene rings is 10. The highest BCUT2D eigenvalue weighted by molar-refractivity contribution is 7.21. The van der Waals surface area contributed by atoms with Gasteiger partial charge in [-0.25, -0.2) is 9.97 Å². The predicted octanol–water partition coefficient (Wildman–Crippen LogP) is 14.0. The lowest BCUT2D eigenvalue weighted by Crippen LogP contribution is -2.77. The monoisotopic (exact) mass is 912 g/mol. The minimum Gasteiger partial charge on any atom is -0.458 e. The van der Waals surface area contributed by atoms with Gasteiger partial charge in [-0.15, -0.1) is 0 Å². The van der Waals surface area contributed by atoms with E-state index in [2.05, 4.69) is 236 Å². The van der Waals surface area contributed by atoms with Crippen LogP contribution in [0.4, 0.5) is 0 Å². The summed E-state index contributed by atoms with van der Waals surface area (Å²) >= 11 is 0. The van der Waals surface area contributed by atoms with Gasteiger partial charge in [0.15, 0.2) is 0 Å². The molecule has 0 saturated heterocycles. The number of aryl methyl sites for hydroxylation is 1. The molecule has 0 N–H and O–H groups in total. The molecule has 4 nitrogen and oxygen atoms in total. The second-order valence-corrected chi connectivity index (χ2v) is 21.6. The van der Waals surface area contributed by atoms with Gasteiger partial charge in [0, 0.05) is 16.9 Å². The summed E-state index contributed by atoms with van der Waals surface area (Å²) in [7, 11) is -3.08. The fraction of sp³-hybridized carbons (Fsp3) is 0.0154. The number of para-hydroxylation sites is 2. The molecule has 13 rings (SSSR count). The van der Waals surface area contributed by atoms with Crippen LogP contribution in [0.2, 0.25) is 0 Å². The van der Waals surface area contributed by atoms with Crippen molar-refractivity contribution in [3.8, 4) is 101 Å². The molecule has 0 amide bonds. The van der Waals surface area contributed by atoms with Crippen LogP contribution in [0.3, 0.4) is 0 Å². The molecule has 70 heavy (non-hydrogen) atoms. The standard InChI is InChI=1S/C65H44N2O2Si/c1-43-35-40-55-64(69-65-56(41-66-42-67-65)70(55)53-33-19-17-31-51(53)68-52-32-18-20-34-54(52)70)57(43)49-36-38-50(39-37-49)63-61(47-27-13-5-14-28-47)59(45-23-9-3-10-24-45)58(44-21-7-2-8-22-44)60(46-25-11-4-12-26-46)62(63)48-29-15-6-16-30-48/h2-42H,1H3. The highest BCUT2D eigenvalue weighted by Gasteiger charge is 2.54. The van der Waals surface area contributed by atoms with Crippen molar-refractivity contribution in [2.75, 3.05) is 0 Å². The summed E-state index contributed by atoms with van der Waals surface area (Å²) in [6.07, 6.45) is 3.56. The van der Waals surface area contributed by atoms with Crippen molar-refractivity contribution in [1.82, 2.24) is 9.97 Å². The van der Waals surface area contributed by atoms with E-state index in [1.807, 2.05) is 18.3 Å². The maximum Gasteiger partial charge on any atom is 0.222 e. The minimum absolute atomic E-state index is 0.588. The second-order valence-electron chi connectivity index (χ2n) is 18.0. The molecule has 0 saturated carbocycles. The van der Waals surface area contributed by atoms with Gasteiger partial charge in [-0.05, 0) is 113 Å². The van der Waals surface area contributed by atoms with Gasteiger partial charge in [0.25, 0.3) is 0 Å². The maximum atomic E-state index is 7.10. The smallest absolute Gasteiger partial charge is 0.222 e. The van der Waals surface area contributed by atoms with E-state index in [9.17, 15) is 0 Å². The van der Waals surface area contributed by atoms with Gasteiger partial charge in [0.05, 0.1) is 0 Å². The van der Waals surface area contributed by atoms with Gasteiger partial charge in [-0.3, -0.25) is 0 Å². The van der Waals surface area contributed by atoms with E-state index in [4.69, 9.17) is 14.5 Å². The zero-order valence-corrected chi connectivity index (χ0v) is 39.4. The lowest BCUT2D eigenvalue weighted by Gasteiger charge is -2.42. The van der Waals surface area contributed by atoms with Gasteiger partial charge in [-0.1, -0.05) is 224 Å². The van der Waals surface area contributed by atoms with Crippen LogP contribution in [0, 0.1) is 6.92 Å². The Morgan fingerprint density at radius 2 is 0.671 bits per heavy atom. The summed E-state index contributed by atoms with van der Waals surface area (Å²) in [5.74, 6) is 3.13. The average Bonchev–Trinajstić information content (AvgIpc) is 3.43. The molecule has 1 aromatic heterocycles. The largest absolute Gasteiger partial charge is 0.458 e. The van der Waals surface area contributed by atoms with Crippen molar-refractivity contribution >= 4 is 28.8 Å². The van der Waals surface area contributed by atoms with Crippen molar-refractivity contribution in [2.24, 2.45) is 0 Å². The number of ether oxygens (including phenoxy) is 2. The molecular weight excluding hydrogens is 869 g/mol. The van der Waals surface area contributed by atoms with E-state index in [0.29, 0.717) is 5.88 Å². The van der Waals surface area contributed by atoms with Crippen LogP contribution in [-0.4, -0.2) is 18.0 Å². The first kappa shape index (κ1) is 41.3. The summed E-state index contributed by atoms with van der Waals surface area (Å²) in [4.78, 5) is 9.50. The van der Waals surface area contributed by atoms with E-state index < -0.39 is 8.07 Å². The van der Waals surface area contributed by atoms with Crippen LogP contribution in [0.25, 0.3) is 77.9 Å². The Balaban J connectivity index is 1.11. The zero-order valence-electron chi connectivity index (χ0n) is 38.4. The van der Waals surface area contributed by atoms with Crippen molar-refractivity contribution < 1.29 is 9.47 Å². The van der Waals surface area contributed by atoms with E-state index in [1.54, 1.807) is 6.33 Å². The molecule has 0 fully saturated rings. The van der Waals surface area contributed by atoms with E-state index in [1.165, 1.54) is 27.8 Å². The Kier molecular flexibility index (Phi) is 10.0. The number of fused-ring (bicyclic) bond motifs is 8. The Morgan fingerprint density at radius 3 is 1.09 bits per heavy atom. The Bertz CT molecular complexity index is 3580. The summed E-state index contributed by atoms with van der Waals surface area (Å²) in [5.41, 5.74) is 17.1. The Labute approximate surface area is 408 Å². The normalized spacial score (nSPS) is 12.7. The topological polar surface area (TPSA) is 44.2 Å². The highest BCUT2D eigenvalue weighted by atomic mass is 28.3. The van der Waals surface area contributed by atoms with Crippen molar-refractivity contribution in [3.63, 3.8) is 0 Å². The minimum atomic E-state index is -3.08. The Morgan fingerprint density at radius 1 is 0.314 bits per heavy atom. The average molecular weight is 913 g/mol.